The predicted molar refractivity (Wildman–Crippen MR) is 82.0 cm³/mol. The highest BCUT2D eigenvalue weighted by molar-refractivity contribution is 5.95. The highest BCUT2D eigenvalue weighted by atomic mass is 16.5. The van der Waals surface area contributed by atoms with E-state index in [1.807, 2.05) is 19.9 Å². The number of β-amino-alcohol motifs (C(OH)–C–C–N with tert-alkyl or cyclic N) is 1. The highest BCUT2D eigenvalue weighted by Gasteiger charge is 2.25. The second-order valence-corrected chi connectivity index (χ2v) is 6.08. The Morgan fingerprint density at radius 1 is 1.36 bits per heavy atom. The van der Waals surface area contributed by atoms with Crippen molar-refractivity contribution in [2.45, 2.75) is 32.2 Å². The van der Waals surface area contributed by atoms with E-state index >= 15 is 0 Å². The van der Waals surface area contributed by atoms with Crippen molar-refractivity contribution in [3.8, 4) is 5.75 Å². The van der Waals surface area contributed by atoms with Crippen molar-refractivity contribution >= 4 is 11.6 Å². The predicted octanol–water partition coefficient (Wildman–Crippen LogP) is 1.16. The first-order valence-corrected chi connectivity index (χ1v) is 7.63. The maximum Gasteiger partial charge on any atom is 0.262 e. The standard InChI is InChI=1S/C16H22N2O4/c1-10-6-18(7-11(2)22-10)8-14(19)12-3-4-15-13(5-12)17-16(20)9-21-15/h3-5,10-11,14,19H,6-9H2,1-2H3,(H,17,20). The van der Waals surface area contributed by atoms with Gasteiger partial charge in [-0.3, -0.25) is 9.69 Å². The molecular weight excluding hydrogens is 284 g/mol. The van der Waals surface area contributed by atoms with Crippen LogP contribution in [0.25, 0.3) is 0 Å². The first kappa shape index (κ1) is 15.3. The van der Waals surface area contributed by atoms with E-state index in [-0.39, 0.29) is 24.7 Å². The van der Waals surface area contributed by atoms with Crippen molar-refractivity contribution in [2.24, 2.45) is 0 Å². The van der Waals surface area contributed by atoms with Crippen LogP contribution in [-0.4, -0.2) is 54.4 Å². The number of nitrogens with zero attached hydrogens (tertiary/aromatic N) is 1. The number of ether oxygens (including phenoxy) is 2. The molecule has 1 aromatic carbocycles. The Labute approximate surface area is 130 Å². The molecular formula is C16H22N2O4. The number of carbonyl (C=O) groups is 1. The Balaban J connectivity index is 1.68. The van der Waals surface area contributed by atoms with Gasteiger partial charge < -0.3 is 19.9 Å². The molecule has 2 heterocycles. The van der Waals surface area contributed by atoms with Gasteiger partial charge in [-0.05, 0) is 31.5 Å². The quantitative estimate of drug-likeness (QED) is 0.877. The molecule has 0 aliphatic carbocycles. The summed E-state index contributed by atoms with van der Waals surface area (Å²) in [6.45, 7) is 6.30. The van der Waals surface area contributed by atoms with Crippen molar-refractivity contribution in [2.75, 3.05) is 31.6 Å². The monoisotopic (exact) mass is 306 g/mol. The molecule has 3 atom stereocenters. The summed E-state index contributed by atoms with van der Waals surface area (Å²) in [7, 11) is 0. The van der Waals surface area contributed by atoms with Crippen molar-refractivity contribution in [3.05, 3.63) is 23.8 Å². The SMILES string of the molecule is CC1CN(CC(O)c2ccc3c(c2)NC(=O)CO3)CC(C)O1. The van der Waals surface area contributed by atoms with Crippen LogP contribution in [0, 0.1) is 0 Å². The molecule has 1 saturated heterocycles. The number of fused-ring (bicyclic) bond motifs is 1. The fraction of sp³-hybridized carbons (Fsp3) is 0.562. The minimum atomic E-state index is -0.610. The summed E-state index contributed by atoms with van der Waals surface area (Å²) in [5, 5.41) is 13.2. The van der Waals surface area contributed by atoms with Crippen LogP contribution in [0.15, 0.2) is 18.2 Å². The number of benzene rings is 1. The Bertz CT molecular complexity index is 553. The third-order valence-electron chi connectivity index (χ3n) is 3.95. The van der Waals surface area contributed by atoms with Crippen LogP contribution in [0.3, 0.4) is 0 Å². The molecule has 1 aromatic rings. The number of aliphatic hydroxyl groups excluding tert-OH is 1. The molecule has 22 heavy (non-hydrogen) atoms. The van der Waals surface area contributed by atoms with Gasteiger partial charge in [0.1, 0.15) is 5.75 Å². The smallest absolute Gasteiger partial charge is 0.262 e. The van der Waals surface area contributed by atoms with Crippen molar-refractivity contribution < 1.29 is 19.4 Å². The molecule has 120 valence electrons. The molecule has 6 nitrogen and oxygen atoms in total. The van der Waals surface area contributed by atoms with Crippen LogP contribution in [0.5, 0.6) is 5.75 Å². The van der Waals surface area contributed by atoms with Gasteiger partial charge in [-0.25, -0.2) is 0 Å². The van der Waals surface area contributed by atoms with Gasteiger partial charge in [-0.15, -0.1) is 0 Å². The minimum Gasteiger partial charge on any atom is -0.482 e. The molecule has 2 aliphatic heterocycles. The summed E-state index contributed by atoms with van der Waals surface area (Å²) in [6.07, 6.45) is -0.263. The second-order valence-electron chi connectivity index (χ2n) is 6.08. The van der Waals surface area contributed by atoms with Gasteiger partial charge in [0.15, 0.2) is 6.61 Å². The first-order valence-electron chi connectivity index (χ1n) is 7.63. The van der Waals surface area contributed by atoms with Crippen LogP contribution in [0.4, 0.5) is 5.69 Å². The van der Waals surface area contributed by atoms with E-state index in [1.165, 1.54) is 0 Å². The molecule has 0 saturated carbocycles. The van der Waals surface area contributed by atoms with E-state index in [0.29, 0.717) is 18.0 Å². The average molecular weight is 306 g/mol. The molecule has 3 unspecified atom stereocenters. The zero-order valence-corrected chi connectivity index (χ0v) is 12.9. The first-order chi connectivity index (χ1) is 10.5. The normalized spacial score (nSPS) is 26.8. The average Bonchev–Trinajstić information content (AvgIpc) is 2.45. The largest absolute Gasteiger partial charge is 0.482 e. The molecule has 3 rings (SSSR count). The number of carbonyl (C=O) groups excluding carboxylic acids is 1. The van der Waals surface area contributed by atoms with Crippen LogP contribution < -0.4 is 10.1 Å². The molecule has 0 spiro atoms. The molecule has 0 radical (unpaired) electrons. The number of hydrogen-bond acceptors (Lipinski definition) is 5. The molecule has 0 aromatic heterocycles. The Hall–Kier alpha value is -1.63. The summed E-state index contributed by atoms with van der Waals surface area (Å²) in [6, 6.07) is 5.41. The number of nitrogens with one attached hydrogen (secondary N) is 1. The molecule has 2 aliphatic rings. The van der Waals surface area contributed by atoms with Gasteiger partial charge in [0.05, 0.1) is 24.0 Å². The highest BCUT2D eigenvalue weighted by Crippen LogP contribution is 2.31. The summed E-state index contributed by atoms with van der Waals surface area (Å²) in [5.41, 5.74) is 1.40. The Kier molecular flexibility index (Phi) is 4.33. The topological polar surface area (TPSA) is 71.0 Å². The number of morpholine rings is 1. The lowest BCUT2D eigenvalue weighted by Crippen LogP contribution is -2.46. The molecule has 0 bridgehead atoms. The number of amides is 1. The molecule has 1 fully saturated rings. The zero-order valence-electron chi connectivity index (χ0n) is 12.9. The zero-order chi connectivity index (χ0) is 15.7. The summed E-state index contributed by atoms with van der Waals surface area (Å²) < 4.78 is 11.0. The third kappa shape index (κ3) is 3.40. The number of hydrogen-bond donors (Lipinski definition) is 2. The number of aliphatic hydroxyl groups is 1. The van der Waals surface area contributed by atoms with Gasteiger partial charge in [-0.1, -0.05) is 6.07 Å². The summed E-state index contributed by atoms with van der Waals surface area (Å²) >= 11 is 0. The fourth-order valence-electron chi connectivity index (χ4n) is 3.09. The van der Waals surface area contributed by atoms with E-state index in [4.69, 9.17) is 9.47 Å². The Morgan fingerprint density at radius 2 is 2.09 bits per heavy atom. The van der Waals surface area contributed by atoms with E-state index in [0.717, 1.165) is 18.7 Å². The summed E-state index contributed by atoms with van der Waals surface area (Å²) in [4.78, 5) is 13.6. The lowest BCUT2D eigenvalue weighted by Gasteiger charge is -2.36. The van der Waals surface area contributed by atoms with Gasteiger partial charge >= 0.3 is 0 Å². The van der Waals surface area contributed by atoms with Gasteiger partial charge in [0, 0.05) is 19.6 Å². The van der Waals surface area contributed by atoms with Gasteiger partial charge in [-0.2, -0.15) is 0 Å². The van der Waals surface area contributed by atoms with E-state index in [1.54, 1.807) is 12.1 Å². The Morgan fingerprint density at radius 3 is 2.82 bits per heavy atom. The molecule has 1 amide bonds. The fourth-order valence-corrected chi connectivity index (χ4v) is 3.09. The van der Waals surface area contributed by atoms with Crippen LogP contribution in [0.1, 0.15) is 25.5 Å². The lowest BCUT2D eigenvalue weighted by molar-refractivity contribution is -0.118. The van der Waals surface area contributed by atoms with Crippen molar-refractivity contribution in [1.82, 2.24) is 4.90 Å². The van der Waals surface area contributed by atoms with Crippen LogP contribution in [-0.2, 0) is 9.53 Å². The lowest BCUT2D eigenvalue weighted by atomic mass is 10.1. The van der Waals surface area contributed by atoms with E-state index in [9.17, 15) is 9.90 Å². The van der Waals surface area contributed by atoms with Crippen molar-refractivity contribution in [1.29, 1.82) is 0 Å². The van der Waals surface area contributed by atoms with E-state index < -0.39 is 6.10 Å². The van der Waals surface area contributed by atoms with Gasteiger partial charge in [0.25, 0.3) is 5.91 Å². The summed E-state index contributed by atoms with van der Waals surface area (Å²) in [5.74, 6) is 0.471. The van der Waals surface area contributed by atoms with Crippen LogP contribution >= 0.6 is 0 Å². The van der Waals surface area contributed by atoms with Crippen molar-refractivity contribution in [3.63, 3.8) is 0 Å². The van der Waals surface area contributed by atoms with E-state index in [2.05, 4.69) is 10.2 Å². The number of anilines is 1. The maximum absolute atomic E-state index is 11.4. The third-order valence-corrected chi connectivity index (χ3v) is 3.95. The minimum absolute atomic E-state index is 0.0401. The maximum atomic E-state index is 11.4. The van der Waals surface area contributed by atoms with Gasteiger partial charge in [0.2, 0.25) is 0 Å². The molecule has 6 heteroatoms. The molecule has 2 N–H and O–H groups in total. The second kappa shape index (κ2) is 6.24. The number of rotatable bonds is 3. The van der Waals surface area contributed by atoms with Crippen LogP contribution in [0.2, 0.25) is 0 Å².